The molecule has 104 valence electrons. The Hall–Kier alpha value is -1.80. The smallest absolute Gasteiger partial charge is 0.303 e. The zero-order chi connectivity index (χ0) is 14.1. The Morgan fingerprint density at radius 1 is 1.40 bits per heavy atom. The van der Waals surface area contributed by atoms with E-state index in [0.717, 1.165) is 27.1 Å². The van der Waals surface area contributed by atoms with E-state index in [-0.39, 0.29) is 6.42 Å². The van der Waals surface area contributed by atoms with Gasteiger partial charge in [-0.3, -0.25) is 9.20 Å². The van der Waals surface area contributed by atoms with E-state index in [0.29, 0.717) is 12.8 Å². The third-order valence-corrected chi connectivity index (χ3v) is 4.75. The van der Waals surface area contributed by atoms with Gasteiger partial charge in [0.25, 0.3) is 0 Å². The van der Waals surface area contributed by atoms with Crippen molar-refractivity contribution in [3.05, 3.63) is 22.4 Å². The summed E-state index contributed by atoms with van der Waals surface area (Å²) < 4.78 is 2.01. The molecule has 0 saturated heterocycles. The van der Waals surface area contributed by atoms with E-state index < -0.39 is 5.97 Å². The Morgan fingerprint density at radius 3 is 2.95 bits per heavy atom. The average Bonchev–Trinajstić information content (AvgIpc) is 3.06. The normalized spacial score (nSPS) is 11.2. The number of carboxylic acids is 1. The second-order valence-corrected chi connectivity index (χ2v) is 6.06. The summed E-state index contributed by atoms with van der Waals surface area (Å²) in [6.45, 7) is 1.98. The topological polar surface area (TPSA) is 80.4 Å². The van der Waals surface area contributed by atoms with Crippen LogP contribution in [0.1, 0.15) is 24.4 Å². The lowest BCUT2D eigenvalue weighted by molar-refractivity contribution is -0.137. The molecular weight excluding hydrogens is 296 g/mol. The Morgan fingerprint density at radius 2 is 2.25 bits per heavy atom. The van der Waals surface area contributed by atoms with Crippen molar-refractivity contribution in [2.75, 3.05) is 0 Å². The second kappa shape index (κ2) is 5.29. The summed E-state index contributed by atoms with van der Waals surface area (Å²) in [5, 5.41) is 19.1. The largest absolute Gasteiger partial charge is 0.481 e. The summed E-state index contributed by atoms with van der Waals surface area (Å²) >= 11 is 3.12. The van der Waals surface area contributed by atoms with Crippen molar-refractivity contribution in [2.45, 2.75) is 26.2 Å². The number of carboxylic acid groups (broad SMARTS) is 1. The molecule has 0 bridgehead atoms. The van der Waals surface area contributed by atoms with Crippen molar-refractivity contribution in [3.63, 3.8) is 0 Å². The standard InChI is InChI=1S/C12H12N4O2S2/c1-7-11(20-6-13-7)8-5-19-12-15-14-9(16(8)12)3-2-4-10(17)18/h5-6H,2-4H2,1H3,(H,17,18). The van der Waals surface area contributed by atoms with E-state index in [4.69, 9.17) is 5.11 Å². The predicted molar refractivity (Wildman–Crippen MR) is 77.3 cm³/mol. The molecule has 1 N–H and O–H groups in total. The zero-order valence-electron chi connectivity index (χ0n) is 10.7. The fraction of sp³-hybridized carbons (Fsp3) is 0.333. The quantitative estimate of drug-likeness (QED) is 0.783. The van der Waals surface area contributed by atoms with E-state index in [2.05, 4.69) is 15.2 Å². The highest BCUT2D eigenvalue weighted by Crippen LogP contribution is 2.31. The molecule has 0 spiro atoms. The fourth-order valence-corrected chi connectivity index (χ4v) is 3.76. The molecule has 3 rings (SSSR count). The molecular formula is C12H12N4O2S2. The average molecular weight is 308 g/mol. The molecule has 0 amide bonds. The highest BCUT2D eigenvalue weighted by atomic mass is 32.1. The number of rotatable bonds is 5. The molecule has 20 heavy (non-hydrogen) atoms. The van der Waals surface area contributed by atoms with Crippen LogP contribution in [0.2, 0.25) is 0 Å². The van der Waals surface area contributed by atoms with Crippen LogP contribution in [0.5, 0.6) is 0 Å². The number of hydrogen-bond acceptors (Lipinski definition) is 6. The molecule has 0 aliphatic rings. The van der Waals surface area contributed by atoms with Crippen LogP contribution in [-0.4, -0.2) is 30.7 Å². The summed E-state index contributed by atoms with van der Waals surface area (Å²) in [4.78, 5) is 16.8. The van der Waals surface area contributed by atoms with Gasteiger partial charge < -0.3 is 5.11 Å². The van der Waals surface area contributed by atoms with Gasteiger partial charge in [0.15, 0.2) is 0 Å². The molecule has 3 aromatic heterocycles. The maximum absolute atomic E-state index is 10.6. The van der Waals surface area contributed by atoms with Crippen LogP contribution < -0.4 is 0 Å². The van der Waals surface area contributed by atoms with Crippen LogP contribution in [0.4, 0.5) is 0 Å². The molecule has 3 aromatic rings. The lowest BCUT2D eigenvalue weighted by Crippen LogP contribution is -2.00. The highest BCUT2D eigenvalue weighted by Gasteiger charge is 2.16. The van der Waals surface area contributed by atoms with Gasteiger partial charge in [0.1, 0.15) is 5.82 Å². The first-order valence-electron chi connectivity index (χ1n) is 6.10. The number of carbonyl (C=O) groups is 1. The van der Waals surface area contributed by atoms with Crippen LogP contribution in [-0.2, 0) is 11.2 Å². The SMILES string of the molecule is Cc1ncsc1-c1csc2nnc(CCCC(=O)O)n12. The van der Waals surface area contributed by atoms with Crippen molar-refractivity contribution < 1.29 is 9.90 Å². The first-order chi connectivity index (χ1) is 9.66. The fourth-order valence-electron chi connectivity index (χ4n) is 2.04. The van der Waals surface area contributed by atoms with Crippen LogP contribution >= 0.6 is 22.7 Å². The molecule has 0 radical (unpaired) electrons. The maximum atomic E-state index is 10.6. The zero-order valence-corrected chi connectivity index (χ0v) is 12.4. The van der Waals surface area contributed by atoms with Crippen molar-refractivity contribution in [2.24, 2.45) is 0 Å². The van der Waals surface area contributed by atoms with Crippen LogP contribution in [0, 0.1) is 6.92 Å². The summed E-state index contributed by atoms with van der Waals surface area (Å²) in [5.41, 5.74) is 3.85. The number of aliphatic carboxylic acids is 1. The van der Waals surface area contributed by atoms with Crippen LogP contribution in [0.15, 0.2) is 10.9 Å². The monoisotopic (exact) mass is 308 g/mol. The number of thiazole rings is 2. The van der Waals surface area contributed by atoms with Gasteiger partial charge in [0.05, 0.1) is 21.8 Å². The number of aryl methyl sites for hydroxylation is 2. The lowest BCUT2D eigenvalue weighted by atomic mass is 10.2. The van der Waals surface area contributed by atoms with Gasteiger partial charge >= 0.3 is 5.97 Å². The number of nitrogens with zero attached hydrogens (tertiary/aromatic N) is 4. The van der Waals surface area contributed by atoms with E-state index in [1.807, 2.05) is 22.2 Å². The highest BCUT2D eigenvalue weighted by molar-refractivity contribution is 7.16. The molecule has 8 heteroatoms. The van der Waals surface area contributed by atoms with Gasteiger partial charge in [-0.15, -0.1) is 32.9 Å². The minimum Gasteiger partial charge on any atom is -0.481 e. The molecule has 0 unspecified atom stereocenters. The number of hydrogen-bond donors (Lipinski definition) is 1. The summed E-state index contributed by atoms with van der Waals surface area (Å²) in [7, 11) is 0. The first-order valence-corrected chi connectivity index (χ1v) is 7.86. The Labute approximate surface area is 122 Å². The van der Waals surface area contributed by atoms with Gasteiger partial charge in [-0.05, 0) is 13.3 Å². The van der Waals surface area contributed by atoms with Crippen molar-refractivity contribution in [1.29, 1.82) is 0 Å². The first kappa shape index (κ1) is 13.2. The lowest BCUT2D eigenvalue weighted by Gasteiger charge is -2.01. The van der Waals surface area contributed by atoms with Gasteiger partial charge in [-0.25, -0.2) is 4.98 Å². The molecule has 0 aliphatic heterocycles. The van der Waals surface area contributed by atoms with Gasteiger partial charge in [0, 0.05) is 18.2 Å². The Balaban J connectivity index is 1.96. The molecule has 0 fully saturated rings. The van der Waals surface area contributed by atoms with Crippen LogP contribution in [0.25, 0.3) is 15.5 Å². The minimum atomic E-state index is -0.783. The third-order valence-electron chi connectivity index (χ3n) is 2.99. The number of aromatic nitrogens is 4. The summed E-state index contributed by atoms with van der Waals surface area (Å²) in [6.07, 6.45) is 1.32. The molecule has 0 aliphatic carbocycles. The molecule has 6 nitrogen and oxygen atoms in total. The molecule has 0 saturated carbocycles. The van der Waals surface area contributed by atoms with E-state index in [1.165, 1.54) is 11.3 Å². The van der Waals surface area contributed by atoms with Crippen molar-refractivity contribution in [3.8, 4) is 10.6 Å². The molecule has 0 aromatic carbocycles. The van der Waals surface area contributed by atoms with Crippen molar-refractivity contribution in [1.82, 2.24) is 19.6 Å². The van der Waals surface area contributed by atoms with Gasteiger partial charge in [-0.2, -0.15) is 0 Å². The second-order valence-electron chi connectivity index (χ2n) is 4.37. The van der Waals surface area contributed by atoms with E-state index in [9.17, 15) is 4.79 Å². The van der Waals surface area contributed by atoms with Gasteiger partial charge in [-0.1, -0.05) is 0 Å². The van der Waals surface area contributed by atoms with Crippen LogP contribution in [0.3, 0.4) is 0 Å². The van der Waals surface area contributed by atoms with Crippen molar-refractivity contribution >= 4 is 33.6 Å². The van der Waals surface area contributed by atoms with Gasteiger partial charge in [0.2, 0.25) is 4.96 Å². The molecule has 0 atom stereocenters. The summed E-state index contributed by atoms with van der Waals surface area (Å²) in [6, 6.07) is 0. The van der Waals surface area contributed by atoms with E-state index in [1.54, 1.807) is 11.3 Å². The Bertz CT molecular complexity index is 759. The number of fused-ring (bicyclic) bond motifs is 1. The maximum Gasteiger partial charge on any atom is 0.303 e. The minimum absolute atomic E-state index is 0.147. The summed E-state index contributed by atoms with van der Waals surface area (Å²) in [5.74, 6) is 0.0277. The third kappa shape index (κ3) is 2.32. The van der Waals surface area contributed by atoms with E-state index >= 15 is 0 Å². The predicted octanol–water partition coefficient (Wildman–Crippen LogP) is 2.63. The Kier molecular flexibility index (Phi) is 3.49. The molecule has 3 heterocycles.